The first-order valence-electron chi connectivity index (χ1n) is 15.5. The third-order valence-corrected chi connectivity index (χ3v) is 7.57. The summed E-state index contributed by atoms with van der Waals surface area (Å²) >= 11 is 0. The second kappa shape index (κ2) is 22.6. The zero-order chi connectivity index (χ0) is 24.6. The van der Waals surface area contributed by atoms with Crippen LogP contribution in [0.4, 0.5) is 0 Å². The number of nitrogens with zero attached hydrogens (tertiary/aromatic N) is 1. The highest BCUT2D eigenvalue weighted by molar-refractivity contribution is 5.13. The van der Waals surface area contributed by atoms with Gasteiger partial charge in [-0.05, 0) is 12.8 Å². The van der Waals surface area contributed by atoms with Crippen molar-refractivity contribution in [3.05, 3.63) is 35.9 Å². The number of unbranched alkanes of at least 4 members (excludes halogenated alkanes) is 21. The van der Waals surface area contributed by atoms with Crippen LogP contribution in [0.25, 0.3) is 0 Å². The van der Waals surface area contributed by atoms with Crippen molar-refractivity contribution in [3.63, 3.8) is 0 Å². The maximum atomic E-state index is 2.38. The number of hydrogen-bond acceptors (Lipinski definition) is 0. The molecule has 0 aliphatic carbocycles. The van der Waals surface area contributed by atoms with Crippen LogP contribution < -0.4 is 0 Å². The van der Waals surface area contributed by atoms with Crippen LogP contribution in [-0.2, 0) is 6.54 Å². The smallest absolute Gasteiger partial charge is 0.104 e. The summed E-state index contributed by atoms with van der Waals surface area (Å²) in [4.78, 5) is 0. The van der Waals surface area contributed by atoms with Gasteiger partial charge in [0.05, 0.1) is 20.6 Å². The van der Waals surface area contributed by atoms with Gasteiger partial charge >= 0.3 is 0 Å². The normalized spacial score (nSPS) is 11.9. The van der Waals surface area contributed by atoms with Crippen LogP contribution in [0, 0.1) is 0 Å². The van der Waals surface area contributed by atoms with Crippen molar-refractivity contribution in [1.29, 1.82) is 0 Å². The van der Waals surface area contributed by atoms with Gasteiger partial charge in [-0.3, -0.25) is 0 Å². The molecule has 1 nitrogen and oxygen atoms in total. The van der Waals surface area contributed by atoms with Crippen molar-refractivity contribution in [1.82, 2.24) is 0 Å². The van der Waals surface area contributed by atoms with Crippen LogP contribution in [0.3, 0.4) is 0 Å². The largest absolute Gasteiger partial charge is 0.325 e. The van der Waals surface area contributed by atoms with Crippen molar-refractivity contribution in [3.8, 4) is 0 Å². The minimum Gasteiger partial charge on any atom is -0.325 e. The topological polar surface area (TPSA) is 0 Å². The summed E-state index contributed by atoms with van der Waals surface area (Å²) in [5.74, 6) is 0. The van der Waals surface area contributed by atoms with Crippen molar-refractivity contribution < 1.29 is 4.48 Å². The molecule has 0 unspecified atom stereocenters. The van der Waals surface area contributed by atoms with Crippen molar-refractivity contribution in [2.45, 2.75) is 155 Å². The minimum atomic E-state index is 1.11. The molecule has 0 radical (unpaired) electrons. The van der Waals surface area contributed by atoms with Crippen LogP contribution in [-0.4, -0.2) is 25.1 Å². The lowest BCUT2D eigenvalue weighted by atomic mass is 10.0. The summed E-state index contributed by atoms with van der Waals surface area (Å²) in [5.41, 5.74) is 1.46. The quantitative estimate of drug-likeness (QED) is 0.0980. The fourth-order valence-corrected chi connectivity index (χ4v) is 5.31. The van der Waals surface area contributed by atoms with E-state index in [2.05, 4.69) is 51.4 Å². The zero-order valence-electron chi connectivity index (χ0n) is 23.8. The molecule has 0 aliphatic rings. The molecule has 0 atom stereocenters. The average molecular weight is 473 g/mol. The molecule has 0 heterocycles. The van der Waals surface area contributed by atoms with Crippen molar-refractivity contribution in [2.75, 3.05) is 20.6 Å². The van der Waals surface area contributed by atoms with Gasteiger partial charge in [-0.1, -0.05) is 166 Å². The second-order valence-corrected chi connectivity index (χ2v) is 11.7. The Labute approximate surface area is 215 Å². The lowest BCUT2D eigenvalue weighted by Gasteiger charge is -2.30. The third kappa shape index (κ3) is 20.5. The molecular formula is C33H62N+. The highest BCUT2D eigenvalue weighted by Gasteiger charge is 2.14. The molecule has 0 bridgehead atoms. The summed E-state index contributed by atoms with van der Waals surface area (Å²) < 4.78 is 1.11. The molecule has 0 spiro atoms. The van der Waals surface area contributed by atoms with Gasteiger partial charge in [0.15, 0.2) is 0 Å². The highest BCUT2D eigenvalue weighted by atomic mass is 15.3. The van der Waals surface area contributed by atoms with E-state index in [1.165, 1.54) is 153 Å². The third-order valence-electron chi connectivity index (χ3n) is 7.57. The van der Waals surface area contributed by atoms with Crippen molar-refractivity contribution in [2.24, 2.45) is 0 Å². The molecule has 1 heteroatoms. The molecule has 34 heavy (non-hydrogen) atoms. The molecular weight excluding hydrogens is 410 g/mol. The SMILES string of the molecule is CCCCCCCCCCCCCCCCCCCCCCCC[N+](C)(C)Cc1ccccc1. The van der Waals surface area contributed by atoms with E-state index < -0.39 is 0 Å². The molecule has 0 aromatic heterocycles. The van der Waals surface area contributed by atoms with E-state index in [0.29, 0.717) is 0 Å². The van der Waals surface area contributed by atoms with E-state index in [1.807, 2.05) is 0 Å². The Morgan fingerprint density at radius 3 is 1.12 bits per heavy atom. The fraction of sp³-hybridized carbons (Fsp3) is 0.818. The van der Waals surface area contributed by atoms with E-state index in [0.717, 1.165) is 11.0 Å². The summed E-state index contributed by atoms with van der Waals surface area (Å²) in [7, 11) is 4.76. The first-order valence-corrected chi connectivity index (χ1v) is 15.5. The van der Waals surface area contributed by atoms with Gasteiger partial charge < -0.3 is 4.48 Å². The van der Waals surface area contributed by atoms with Gasteiger partial charge in [0.2, 0.25) is 0 Å². The number of benzene rings is 1. The fourth-order valence-electron chi connectivity index (χ4n) is 5.31. The molecule has 0 saturated carbocycles. The van der Waals surface area contributed by atoms with Crippen LogP contribution in [0.1, 0.15) is 154 Å². The van der Waals surface area contributed by atoms with E-state index in [4.69, 9.17) is 0 Å². The summed E-state index contributed by atoms with van der Waals surface area (Å²) in [5, 5.41) is 0. The van der Waals surface area contributed by atoms with Crippen molar-refractivity contribution >= 4 is 0 Å². The Morgan fingerprint density at radius 2 is 0.765 bits per heavy atom. The number of quaternary nitrogens is 1. The Hall–Kier alpha value is -0.820. The molecule has 1 rings (SSSR count). The summed E-state index contributed by atoms with van der Waals surface area (Å²) in [6.45, 7) is 4.76. The van der Waals surface area contributed by atoms with Gasteiger partial charge in [0.25, 0.3) is 0 Å². The Morgan fingerprint density at radius 1 is 0.441 bits per heavy atom. The van der Waals surface area contributed by atoms with Gasteiger partial charge in [-0.15, -0.1) is 0 Å². The second-order valence-electron chi connectivity index (χ2n) is 11.7. The lowest BCUT2D eigenvalue weighted by Crippen LogP contribution is -2.39. The number of hydrogen-bond donors (Lipinski definition) is 0. The Balaban J connectivity index is 1.74. The molecule has 1 aromatic rings. The molecule has 0 fully saturated rings. The molecule has 198 valence electrons. The highest BCUT2D eigenvalue weighted by Crippen LogP contribution is 2.16. The first-order chi connectivity index (χ1) is 16.6. The Bertz CT molecular complexity index is 521. The molecule has 0 N–H and O–H groups in total. The monoisotopic (exact) mass is 472 g/mol. The Kier molecular flexibility index (Phi) is 20.8. The summed E-state index contributed by atoms with van der Waals surface area (Å²) in [6, 6.07) is 11.0. The average Bonchev–Trinajstić information content (AvgIpc) is 2.82. The first kappa shape index (κ1) is 31.2. The maximum Gasteiger partial charge on any atom is 0.104 e. The van der Waals surface area contributed by atoms with E-state index in [9.17, 15) is 0 Å². The van der Waals surface area contributed by atoms with E-state index >= 15 is 0 Å². The zero-order valence-corrected chi connectivity index (χ0v) is 23.8. The predicted octanol–water partition coefficient (Wildman–Crippen LogP) is 10.9. The molecule has 0 amide bonds. The van der Waals surface area contributed by atoms with E-state index in [1.54, 1.807) is 0 Å². The van der Waals surface area contributed by atoms with Crippen LogP contribution >= 0.6 is 0 Å². The minimum absolute atomic E-state index is 1.11. The predicted molar refractivity (Wildman–Crippen MR) is 154 cm³/mol. The van der Waals surface area contributed by atoms with Gasteiger partial charge in [-0.25, -0.2) is 0 Å². The van der Waals surface area contributed by atoms with Crippen LogP contribution in [0.5, 0.6) is 0 Å². The van der Waals surface area contributed by atoms with Gasteiger partial charge in [0, 0.05) is 5.56 Å². The van der Waals surface area contributed by atoms with Gasteiger partial charge in [-0.2, -0.15) is 0 Å². The molecule has 1 aromatic carbocycles. The van der Waals surface area contributed by atoms with Gasteiger partial charge in [0.1, 0.15) is 6.54 Å². The number of rotatable bonds is 25. The standard InChI is InChI=1S/C33H62N/c1-4-5-6-7-8-9-10-11-12-13-14-15-16-17-18-19-20-21-22-23-24-28-31-34(2,3)32-33-29-26-25-27-30-33/h25-27,29-30H,4-24,28,31-32H2,1-3H3/q+1. The molecule has 0 aliphatic heterocycles. The van der Waals surface area contributed by atoms with Crippen LogP contribution in [0.15, 0.2) is 30.3 Å². The van der Waals surface area contributed by atoms with E-state index in [-0.39, 0.29) is 0 Å². The summed E-state index contributed by atoms with van der Waals surface area (Å²) in [6.07, 6.45) is 32.1. The maximum absolute atomic E-state index is 2.38. The lowest BCUT2D eigenvalue weighted by molar-refractivity contribution is -0.903. The molecule has 0 saturated heterocycles. The van der Waals surface area contributed by atoms with Crippen LogP contribution in [0.2, 0.25) is 0 Å².